The average molecular weight is 239 g/mol. The van der Waals surface area contributed by atoms with Gasteiger partial charge in [0, 0.05) is 29.4 Å². The molecule has 2 aromatic heterocycles. The fraction of sp³-hybridized carbons (Fsp3) is 0. The number of benzene rings is 1. The van der Waals surface area contributed by atoms with Crippen molar-refractivity contribution in [3.8, 4) is 5.69 Å². The summed E-state index contributed by atoms with van der Waals surface area (Å²) in [7, 11) is -1.51. The molecule has 0 spiro atoms. The largest absolute Gasteiger partial charge is 0.491 e. The summed E-state index contributed by atoms with van der Waals surface area (Å²) in [5.41, 5.74) is 2.08. The lowest BCUT2D eigenvalue weighted by molar-refractivity contribution is 0.426. The van der Waals surface area contributed by atoms with E-state index in [4.69, 9.17) is 10.0 Å². The molecule has 5 nitrogen and oxygen atoms in total. The van der Waals surface area contributed by atoms with E-state index >= 15 is 0 Å². The highest BCUT2D eigenvalue weighted by Gasteiger charge is 2.14. The zero-order valence-corrected chi connectivity index (χ0v) is 9.43. The molecule has 18 heavy (non-hydrogen) atoms. The van der Waals surface area contributed by atoms with Crippen LogP contribution in [0.5, 0.6) is 0 Å². The molecule has 0 saturated carbocycles. The Hall–Kier alpha value is -2.18. The van der Waals surface area contributed by atoms with Crippen molar-refractivity contribution in [2.45, 2.75) is 0 Å². The van der Waals surface area contributed by atoms with Crippen LogP contribution in [0.25, 0.3) is 16.6 Å². The molecule has 6 heteroatoms. The van der Waals surface area contributed by atoms with Crippen molar-refractivity contribution in [1.29, 1.82) is 0 Å². The summed E-state index contributed by atoms with van der Waals surface area (Å²) in [6.07, 6.45) is 4.75. The minimum atomic E-state index is -1.51. The molecule has 0 aliphatic rings. The Labute approximate surface area is 103 Å². The number of hydrogen-bond acceptors (Lipinski definition) is 4. The summed E-state index contributed by atoms with van der Waals surface area (Å²) >= 11 is 0. The highest BCUT2D eigenvalue weighted by atomic mass is 16.4. The molecule has 0 aliphatic carbocycles. The number of pyridine rings is 1. The van der Waals surface area contributed by atoms with E-state index in [1.165, 1.54) is 6.20 Å². The zero-order valence-electron chi connectivity index (χ0n) is 9.43. The van der Waals surface area contributed by atoms with Crippen LogP contribution in [0.2, 0.25) is 0 Å². The van der Waals surface area contributed by atoms with E-state index in [-0.39, 0.29) is 0 Å². The molecule has 2 N–H and O–H groups in total. The quantitative estimate of drug-likeness (QED) is 0.622. The van der Waals surface area contributed by atoms with Gasteiger partial charge in [-0.2, -0.15) is 5.10 Å². The van der Waals surface area contributed by atoms with E-state index in [1.807, 2.05) is 30.3 Å². The van der Waals surface area contributed by atoms with E-state index < -0.39 is 7.12 Å². The van der Waals surface area contributed by atoms with Gasteiger partial charge in [0.2, 0.25) is 0 Å². The van der Waals surface area contributed by atoms with Crippen molar-refractivity contribution in [3.63, 3.8) is 0 Å². The third-order valence-electron chi connectivity index (χ3n) is 2.77. The van der Waals surface area contributed by atoms with Gasteiger partial charge in [0.1, 0.15) is 0 Å². The summed E-state index contributed by atoms with van der Waals surface area (Å²) in [5.74, 6) is 0. The molecule has 1 aromatic carbocycles. The van der Waals surface area contributed by atoms with Gasteiger partial charge in [0.05, 0.1) is 11.2 Å². The standard InChI is InChI=1S/C12H10BN3O2/c17-13(18)9-7-15-16(8-9)12-5-1-4-11-10(12)3-2-6-14-11/h1-8,17-18H. The van der Waals surface area contributed by atoms with Gasteiger partial charge in [-0.1, -0.05) is 6.07 Å². The van der Waals surface area contributed by atoms with Gasteiger partial charge in [-0.25, -0.2) is 4.68 Å². The summed E-state index contributed by atoms with van der Waals surface area (Å²) < 4.78 is 1.61. The van der Waals surface area contributed by atoms with Crippen LogP contribution in [-0.4, -0.2) is 31.9 Å². The lowest BCUT2D eigenvalue weighted by atomic mass is 9.83. The monoisotopic (exact) mass is 239 g/mol. The molecule has 0 aliphatic heterocycles. The second kappa shape index (κ2) is 4.25. The lowest BCUT2D eigenvalue weighted by Gasteiger charge is -2.05. The molecule has 0 fully saturated rings. The van der Waals surface area contributed by atoms with Crippen LogP contribution in [0.3, 0.4) is 0 Å². The van der Waals surface area contributed by atoms with Crippen LogP contribution >= 0.6 is 0 Å². The second-order valence-corrected chi connectivity index (χ2v) is 3.94. The van der Waals surface area contributed by atoms with E-state index in [0.29, 0.717) is 5.46 Å². The van der Waals surface area contributed by atoms with Crippen LogP contribution in [0.1, 0.15) is 0 Å². The Balaban J connectivity index is 2.18. The summed E-state index contributed by atoms with van der Waals surface area (Å²) in [5, 5.41) is 23.3. The van der Waals surface area contributed by atoms with Crippen molar-refractivity contribution < 1.29 is 10.0 Å². The fourth-order valence-corrected chi connectivity index (χ4v) is 1.89. The summed E-state index contributed by atoms with van der Waals surface area (Å²) in [6, 6.07) is 9.53. The molecule has 3 aromatic rings. The van der Waals surface area contributed by atoms with Crippen molar-refractivity contribution in [1.82, 2.24) is 14.8 Å². The van der Waals surface area contributed by atoms with Gasteiger partial charge in [0.25, 0.3) is 0 Å². The van der Waals surface area contributed by atoms with Crippen molar-refractivity contribution in [2.75, 3.05) is 0 Å². The molecule has 2 heterocycles. The van der Waals surface area contributed by atoms with Crippen molar-refractivity contribution in [3.05, 3.63) is 48.9 Å². The molecule has 3 rings (SSSR count). The zero-order chi connectivity index (χ0) is 12.5. The third-order valence-corrected chi connectivity index (χ3v) is 2.77. The average Bonchev–Trinajstić information content (AvgIpc) is 2.87. The number of fused-ring (bicyclic) bond motifs is 1. The number of hydrogen-bond donors (Lipinski definition) is 2. The minimum absolute atomic E-state index is 0.357. The highest BCUT2D eigenvalue weighted by Crippen LogP contribution is 2.19. The van der Waals surface area contributed by atoms with Gasteiger partial charge in [0.15, 0.2) is 0 Å². The number of nitrogens with zero attached hydrogens (tertiary/aromatic N) is 3. The Bertz CT molecular complexity index is 691. The van der Waals surface area contributed by atoms with Crippen LogP contribution < -0.4 is 5.46 Å². The van der Waals surface area contributed by atoms with Crippen LogP contribution in [0.4, 0.5) is 0 Å². The first-order chi connectivity index (χ1) is 8.75. The number of rotatable bonds is 2. The van der Waals surface area contributed by atoms with Gasteiger partial charge >= 0.3 is 7.12 Å². The summed E-state index contributed by atoms with van der Waals surface area (Å²) in [4.78, 5) is 4.27. The topological polar surface area (TPSA) is 71.2 Å². The Morgan fingerprint density at radius 3 is 2.78 bits per heavy atom. The fourth-order valence-electron chi connectivity index (χ4n) is 1.89. The minimum Gasteiger partial charge on any atom is -0.423 e. The van der Waals surface area contributed by atoms with Crippen molar-refractivity contribution >= 4 is 23.5 Å². The molecule has 0 amide bonds. The number of aromatic nitrogens is 3. The molecule has 0 atom stereocenters. The Morgan fingerprint density at radius 1 is 1.11 bits per heavy atom. The lowest BCUT2D eigenvalue weighted by Crippen LogP contribution is -2.28. The van der Waals surface area contributed by atoms with E-state index in [2.05, 4.69) is 10.1 Å². The van der Waals surface area contributed by atoms with Crippen LogP contribution in [0.15, 0.2) is 48.9 Å². The molecular weight excluding hydrogens is 229 g/mol. The van der Waals surface area contributed by atoms with Gasteiger partial charge < -0.3 is 10.0 Å². The molecule has 0 bridgehead atoms. The molecular formula is C12H10BN3O2. The maximum atomic E-state index is 9.09. The molecule has 88 valence electrons. The molecule has 0 saturated heterocycles. The first-order valence-corrected chi connectivity index (χ1v) is 5.50. The molecule has 0 unspecified atom stereocenters. The maximum Gasteiger partial charge on any atom is 0.491 e. The van der Waals surface area contributed by atoms with Gasteiger partial charge in [-0.05, 0) is 24.3 Å². The Morgan fingerprint density at radius 2 is 2.00 bits per heavy atom. The van der Waals surface area contributed by atoms with Gasteiger partial charge in [-0.15, -0.1) is 0 Å². The van der Waals surface area contributed by atoms with E-state index in [9.17, 15) is 0 Å². The van der Waals surface area contributed by atoms with Crippen LogP contribution in [-0.2, 0) is 0 Å². The highest BCUT2D eigenvalue weighted by molar-refractivity contribution is 6.58. The van der Waals surface area contributed by atoms with E-state index in [1.54, 1.807) is 17.1 Å². The predicted molar refractivity (Wildman–Crippen MR) is 68.7 cm³/mol. The second-order valence-electron chi connectivity index (χ2n) is 3.94. The summed E-state index contributed by atoms with van der Waals surface area (Å²) in [6.45, 7) is 0. The van der Waals surface area contributed by atoms with Crippen molar-refractivity contribution in [2.24, 2.45) is 0 Å². The third kappa shape index (κ3) is 1.77. The maximum absolute atomic E-state index is 9.09. The van der Waals surface area contributed by atoms with Crippen LogP contribution in [0, 0.1) is 0 Å². The molecule has 0 radical (unpaired) electrons. The van der Waals surface area contributed by atoms with Gasteiger partial charge in [-0.3, -0.25) is 4.98 Å². The van der Waals surface area contributed by atoms with E-state index in [0.717, 1.165) is 16.6 Å². The Kier molecular flexibility index (Phi) is 2.58. The first kappa shape index (κ1) is 10.9. The smallest absolute Gasteiger partial charge is 0.423 e. The SMILES string of the molecule is OB(O)c1cnn(-c2cccc3ncccc23)c1. The first-order valence-electron chi connectivity index (χ1n) is 5.50. The normalized spacial score (nSPS) is 10.8. The predicted octanol–water partition coefficient (Wildman–Crippen LogP) is 0.100.